The van der Waals surface area contributed by atoms with E-state index in [-0.39, 0.29) is 23.4 Å². The van der Waals surface area contributed by atoms with E-state index in [2.05, 4.69) is 0 Å². The number of nitrogens with zero attached hydrogens (tertiary/aromatic N) is 1. The Balaban J connectivity index is 2.11. The van der Waals surface area contributed by atoms with Crippen molar-refractivity contribution >= 4 is 15.5 Å². The first-order valence-corrected chi connectivity index (χ1v) is 8.71. The average molecular weight is 349 g/mol. The van der Waals surface area contributed by atoms with Crippen LogP contribution in [-0.2, 0) is 14.6 Å². The summed E-state index contributed by atoms with van der Waals surface area (Å²) in [6, 6.07) is 10.1. The van der Waals surface area contributed by atoms with Gasteiger partial charge in [-0.2, -0.15) is 0 Å². The maximum Gasteiger partial charge on any atom is 0.292 e. The molecule has 0 spiro atoms. The molecule has 0 aliphatic carbocycles. The first kappa shape index (κ1) is 16.4. The molecule has 1 aliphatic heterocycles. The van der Waals surface area contributed by atoms with E-state index in [0.29, 0.717) is 6.61 Å². The number of epoxide rings is 1. The number of rotatable bonds is 6. The van der Waals surface area contributed by atoms with Gasteiger partial charge in [0, 0.05) is 6.07 Å². The SMILES string of the molecule is Cc1ccc(S(=O)(=O)c2c(OCC3CO3)cccc2[N+](=O)[O-])cc1. The Morgan fingerprint density at radius 2 is 1.92 bits per heavy atom. The highest BCUT2D eigenvalue weighted by Crippen LogP contribution is 2.37. The highest BCUT2D eigenvalue weighted by Gasteiger charge is 2.33. The smallest absolute Gasteiger partial charge is 0.292 e. The monoisotopic (exact) mass is 349 g/mol. The molecule has 1 fully saturated rings. The number of hydrogen-bond donors (Lipinski definition) is 0. The molecule has 0 aromatic heterocycles. The van der Waals surface area contributed by atoms with Gasteiger partial charge >= 0.3 is 0 Å². The molecule has 24 heavy (non-hydrogen) atoms. The van der Waals surface area contributed by atoms with Gasteiger partial charge in [-0.15, -0.1) is 0 Å². The summed E-state index contributed by atoms with van der Waals surface area (Å²) in [6.07, 6.45) is -0.0980. The minimum atomic E-state index is -4.10. The minimum Gasteiger partial charge on any atom is -0.489 e. The van der Waals surface area contributed by atoms with Crippen molar-refractivity contribution in [1.29, 1.82) is 0 Å². The van der Waals surface area contributed by atoms with E-state index in [1.165, 1.54) is 24.3 Å². The fourth-order valence-electron chi connectivity index (χ4n) is 2.21. The predicted molar refractivity (Wildman–Crippen MR) is 85.0 cm³/mol. The normalized spacial score (nSPS) is 16.6. The van der Waals surface area contributed by atoms with Crippen LogP contribution in [0.4, 0.5) is 5.69 Å². The quantitative estimate of drug-likeness (QED) is 0.451. The Morgan fingerprint density at radius 1 is 1.25 bits per heavy atom. The summed E-state index contributed by atoms with van der Waals surface area (Å²) in [6.45, 7) is 2.51. The van der Waals surface area contributed by atoms with Crippen LogP contribution in [0.15, 0.2) is 52.3 Å². The summed E-state index contributed by atoms with van der Waals surface area (Å²) in [5, 5.41) is 11.3. The third kappa shape index (κ3) is 3.24. The second kappa shape index (κ2) is 6.21. The third-order valence-electron chi connectivity index (χ3n) is 3.58. The molecule has 8 heteroatoms. The maximum absolute atomic E-state index is 12.9. The van der Waals surface area contributed by atoms with Crippen LogP contribution in [-0.4, -0.2) is 32.7 Å². The zero-order valence-electron chi connectivity index (χ0n) is 12.8. The van der Waals surface area contributed by atoms with Gasteiger partial charge in [-0.05, 0) is 25.1 Å². The van der Waals surface area contributed by atoms with Crippen LogP contribution >= 0.6 is 0 Å². The predicted octanol–water partition coefficient (Wildman–Crippen LogP) is 2.51. The lowest BCUT2D eigenvalue weighted by molar-refractivity contribution is -0.388. The first-order chi connectivity index (χ1) is 11.4. The highest BCUT2D eigenvalue weighted by atomic mass is 32.2. The van der Waals surface area contributed by atoms with E-state index in [0.717, 1.165) is 11.6 Å². The minimum absolute atomic E-state index is 0.0186. The largest absolute Gasteiger partial charge is 0.489 e. The van der Waals surface area contributed by atoms with Crippen molar-refractivity contribution in [2.75, 3.05) is 13.2 Å². The average Bonchev–Trinajstić information content (AvgIpc) is 3.37. The van der Waals surface area contributed by atoms with E-state index >= 15 is 0 Å². The van der Waals surface area contributed by atoms with Crippen LogP contribution in [0, 0.1) is 17.0 Å². The number of hydrogen-bond acceptors (Lipinski definition) is 6. The molecule has 0 N–H and O–H groups in total. The molecule has 1 atom stereocenters. The van der Waals surface area contributed by atoms with Crippen molar-refractivity contribution in [2.45, 2.75) is 22.8 Å². The summed E-state index contributed by atoms with van der Waals surface area (Å²) >= 11 is 0. The van der Waals surface area contributed by atoms with Crippen molar-refractivity contribution in [3.05, 3.63) is 58.1 Å². The van der Waals surface area contributed by atoms with Crippen molar-refractivity contribution < 1.29 is 22.8 Å². The molecule has 0 amide bonds. The van der Waals surface area contributed by atoms with Crippen LogP contribution in [0.5, 0.6) is 5.75 Å². The van der Waals surface area contributed by atoms with Gasteiger partial charge in [-0.1, -0.05) is 23.8 Å². The summed E-state index contributed by atoms with van der Waals surface area (Å²) in [5.41, 5.74) is 0.378. The number of benzene rings is 2. The molecular weight excluding hydrogens is 334 g/mol. The Hall–Kier alpha value is -2.45. The van der Waals surface area contributed by atoms with Gasteiger partial charge in [0.25, 0.3) is 5.69 Å². The fourth-order valence-corrected chi connectivity index (χ4v) is 3.75. The number of sulfone groups is 1. The zero-order valence-corrected chi connectivity index (χ0v) is 13.7. The molecule has 1 aliphatic rings. The summed E-state index contributed by atoms with van der Waals surface area (Å²) in [5.74, 6) is -0.0414. The van der Waals surface area contributed by atoms with Gasteiger partial charge in [-0.25, -0.2) is 8.42 Å². The second-order valence-electron chi connectivity index (χ2n) is 5.44. The molecule has 1 heterocycles. The van der Waals surface area contributed by atoms with Gasteiger partial charge in [0.1, 0.15) is 18.5 Å². The number of aryl methyl sites for hydroxylation is 1. The van der Waals surface area contributed by atoms with Crippen molar-refractivity contribution in [2.24, 2.45) is 0 Å². The molecule has 2 aromatic carbocycles. The lowest BCUT2D eigenvalue weighted by atomic mass is 10.2. The fraction of sp³-hybridized carbons (Fsp3) is 0.250. The molecule has 2 aromatic rings. The number of ether oxygens (including phenoxy) is 2. The molecular formula is C16H15NO6S. The molecule has 0 radical (unpaired) electrons. The Labute approximate surface area is 138 Å². The maximum atomic E-state index is 12.9. The van der Waals surface area contributed by atoms with Gasteiger partial charge in [0.15, 0.2) is 4.90 Å². The van der Waals surface area contributed by atoms with Crippen LogP contribution < -0.4 is 4.74 Å². The molecule has 1 unspecified atom stereocenters. The molecule has 3 rings (SSSR count). The standard InChI is InChI=1S/C16H15NO6S/c1-11-5-7-13(8-6-11)24(20,21)16-14(17(18)19)3-2-4-15(16)23-10-12-9-22-12/h2-8,12H,9-10H2,1H3. The molecule has 1 saturated heterocycles. The highest BCUT2D eigenvalue weighted by molar-refractivity contribution is 7.91. The summed E-state index contributed by atoms with van der Waals surface area (Å²) in [7, 11) is -4.10. The Kier molecular flexibility index (Phi) is 4.25. The van der Waals surface area contributed by atoms with Crippen LogP contribution in [0.1, 0.15) is 5.56 Å². The van der Waals surface area contributed by atoms with Gasteiger partial charge in [0.2, 0.25) is 9.84 Å². The van der Waals surface area contributed by atoms with Gasteiger partial charge < -0.3 is 9.47 Å². The zero-order chi connectivity index (χ0) is 17.3. The van der Waals surface area contributed by atoms with Crippen LogP contribution in [0.25, 0.3) is 0 Å². The van der Waals surface area contributed by atoms with Gasteiger partial charge in [-0.3, -0.25) is 10.1 Å². The van der Waals surface area contributed by atoms with E-state index in [1.807, 2.05) is 6.92 Å². The Morgan fingerprint density at radius 3 is 2.50 bits per heavy atom. The van der Waals surface area contributed by atoms with E-state index in [1.54, 1.807) is 12.1 Å². The van der Waals surface area contributed by atoms with E-state index in [9.17, 15) is 18.5 Å². The van der Waals surface area contributed by atoms with Crippen LogP contribution in [0.3, 0.4) is 0 Å². The lowest BCUT2D eigenvalue weighted by Gasteiger charge is -2.12. The summed E-state index contributed by atoms with van der Waals surface area (Å²) in [4.78, 5) is 10.1. The van der Waals surface area contributed by atoms with Crippen molar-refractivity contribution in [3.8, 4) is 5.75 Å². The second-order valence-corrected chi connectivity index (χ2v) is 7.33. The Bertz CT molecular complexity index is 872. The van der Waals surface area contributed by atoms with E-state index in [4.69, 9.17) is 9.47 Å². The summed E-state index contributed by atoms with van der Waals surface area (Å²) < 4.78 is 36.4. The third-order valence-corrected chi connectivity index (χ3v) is 5.42. The molecule has 0 saturated carbocycles. The van der Waals surface area contributed by atoms with Gasteiger partial charge in [0.05, 0.1) is 16.4 Å². The topological polar surface area (TPSA) is 99.0 Å². The lowest BCUT2D eigenvalue weighted by Crippen LogP contribution is -2.11. The van der Waals surface area contributed by atoms with E-state index < -0.39 is 25.3 Å². The molecule has 126 valence electrons. The van der Waals surface area contributed by atoms with Crippen LogP contribution in [0.2, 0.25) is 0 Å². The molecule has 0 bridgehead atoms. The number of nitro benzene ring substituents is 1. The number of nitro groups is 1. The first-order valence-electron chi connectivity index (χ1n) is 7.23. The van der Waals surface area contributed by atoms with Crippen molar-refractivity contribution in [1.82, 2.24) is 0 Å². The van der Waals surface area contributed by atoms with Crippen molar-refractivity contribution in [3.63, 3.8) is 0 Å². The molecule has 7 nitrogen and oxygen atoms in total.